The van der Waals surface area contributed by atoms with Crippen LogP contribution in [0.3, 0.4) is 0 Å². The third-order valence-corrected chi connectivity index (χ3v) is 2.56. The number of benzene rings is 1. The Kier molecular flexibility index (Phi) is 2.69. The first-order chi connectivity index (χ1) is 7.07. The van der Waals surface area contributed by atoms with Crippen LogP contribution < -0.4 is 5.32 Å². The highest BCUT2D eigenvalue weighted by atomic mass is 19.4. The maximum Gasteiger partial charge on any atom is 0.416 e. The molecule has 1 fully saturated rings. The van der Waals surface area contributed by atoms with Gasteiger partial charge in [0.05, 0.1) is 5.56 Å². The molecule has 0 aliphatic carbocycles. The summed E-state index contributed by atoms with van der Waals surface area (Å²) in [7, 11) is 0. The minimum Gasteiger partial charge on any atom is -0.316 e. The quantitative estimate of drug-likeness (QED) is 0.757. The van der Waals surface area contributed by atoms with Gasteiger partial charge in [0.1, 0.15) is 0 Å². The van der Waals surface area contributed by atoms with Gasteiger partial charge in [-0.15, -0.1) is 0 Å². The molecule has 1 saturated heterocycles. The summed E-state index contributed by atoms with van der Waals surface area (Å²) in [6, 6.07) is 5.37. The predicted molar refractivity (Wildman–Crippen MR) is 51.3 cm³/mol. The van der Waals surface area contributed by atoms with Crippen LogP contribution in [0.15, 0.2) is 24.3 Å². The first kappa shape index (κ1) is 10.5. The van der Waals surface area contributed by atoms with Crippen LogP contribution >= 0.6 is 0 Å². The Hall–Kier alpha value is -1.03. The van der Waals surface area contributed by atoms with Crippen LogP contribution in [-0.4, -0.2) is 13.1 Å². The average molecular weight is 214 g/mol. The van der Waals surface area contributed by atoms with E-state index in [0.717, 1.165) is 37.2 Å². The molecule has 2 rings (SSSR count). The standard InChI is InChI=1S/C11H11F3N/c12-11(13,14)10-3-1-8(2-4-10)9-5-6-15-7-9/h1-4,15H,5-7H2. The lowest BCUT2D eigenvalue weighted by molar-refractivity contribution is -0.137. The van der Waals surface area contributed by atoms with E-state index < -0.39 is 11.7 Å². The number of rotatable bonds is 1. The summed E-state index contributed by atoms with van der Waals surface area (Å²) in [4.78, 5) is 0. The minimum atomic E-state index is -4.24. The summed E-state index contributed by atoms with van der Waals surface area (Å²) in [6.45, 7) is 1.70. The predicted octanol–water partition coefficient (Wildman–Crippen LogP) is 2.62. The second kappa shape index (κ2) is 3.85. The molecule has 1 aromatic carbocycles. The Labute approximate surface area is 86.3 Å². The van der Waals surface area contributed by atoms with Crippen LogP contribution in [0, 0.1) is 5.92 Å². The van der Waals surface area contributed by atoms with E-state index >= 15 is 0 Å². The maximum atomic E-state index is 12.3. The molecule has 1 nitrogen and oxygen atoms in total. The van der Waals surface area contributed by atoms with Crippen molar-refractivity contribution in [2.45, 2.75) is 12.6 Å². The second-order valence-corrected chi connectivity index (χ2v) is 3.61. The number of hydrogen-bond acceptors (Lipinski definition) is 1. The van der Waals surface area contributed by atoms with E-state index in [0.29, 0.717) is 0 Å². The van der Waals surface area contributed by atoms with Crippen molar-refractivity contribution in [1.29, 1.82) is 0 Å². The van der Waals surface area contributed by atoms with Gasteiger partial charge in [-0.25, -0.2) is 0 Å². The fourth-order valence-corrected chi connectivity index (χ4v) is 1.71. The highest BCUT2D eigenvalue weighted by Crippen LogP contribution is 2.30. The molecular weight excluding hydrogens is 203 g/mol. The van der Waals surface area contributed by atoms with Crippen LogP contribution in [0.25, 0.3) is 0 Å². The fourth-order valence-electron chi connectivity index (χ4n) is 1.71. The summed E-state index contributed by atoms with van der Waals surface area (Å²) in [6.07, 6.45) is -3.32. The van der Waals surface area contributed by atoms with E-state index in [1.807, 2.05) is 0 Å². The summed E-state index contributed by atoms with van der Waals surface area (Å²) in [5.74, 6) is 1.18. The third-order valence-electron chi connectivity index (χ3n) is 2.56. The van der Waals surface area contributed by atoms with Gasteiger partial charge < -0.3 is 5.32 Å². The van der Waals surface area contributed by atoms with Gasteiger partial charge in [0.25, 0.3) is 0 Å². The molecule has 4 heteroatoms. The Balaban J connectivity index is 2.16. The fraction of sp³-hybridized carbons (Fsp3) is 0.364. The molecule has 0 bridgehead atoms. The SMILES string of the molecule is FC(F)(F)c1ccc([C]2CCNC2)cc1. The minimum absolute atomic E-state index is 0.585. The first-order valence-corrected chi connectivity index (χ1v) is 4.80. The van der Waals surface area contributed by atoms with Crippen molar-refractivity contribution < 1.29 is 13.2 Å². The van der Waals surface area contributed by atoms with Crippen LogP contribution in [0.1, 0.15) is 17.5 Å². The molecule has 1 aliphatic heterocycles. The van der Waals surface area contributed by atoms with Gasteiger partial charge in [-0.1, -0.05) is 12.1 Å². The number of halogens is 3. The zero-order chi connectivity index (χ0) is 10.9. The Morgan fingerprint density at radius 3 is 2.20 bits per heavy atom. The molecule has 1 heterocycles. The van der Waals surface area contributed by atoms with E-state index in [1.165, 1.54) is 5.92 Å². The Bertz CT molecular complexity index is 323. The van der Waals surface area contributed by atoms with Crippen molar-refractivity contribution in [2.75, 3.05) is 13.1 Å². The van der Waals surface area contributed by atoms with Crippen molar-refractivity contribution in [3.63, 3.8) is 0 Å². The smallest absolute Gasteiger partial charge is 0.316 e. The first-order valence-electron chi connectivity index (χ1n) is 4.80. The highest BCUT2D eigenvalue weighted by Gasteiger charge is 2.30. The van der Waals surface area contributed by atoms with Gasteiger partial charge in [-0.2, -0.15) is 13.2 Å². The topological polar surface area (TPSA) is 12.0 Å². The van der Waals surface area contributed by atoms with Gasteiger partial charge in [-0.3, -0.25) is 0 Å². The van der Waals surface area contributed by atoms with Crippen molar-refractivity contribution in [1.82, 2.24) is 5.32 Å². The maximum absolute atomic E-state index is 12.3. The summed E-state index contributed by atoms with van der Waals surface area (Å²) >= 11 is 0. The number of hydrogen-bond donors (Lipinski definition) is 1. The summed E-state index contributed by atoms with van der Waals surface area (Å²) in [5.41, 5.74) is 0.325. The Morgan fingerprint density at radius 2 is 1.73 bits per heavy atom. The normalized spacial score (nSPS) is 18.3. The lowest BCUT2D eigenvalue weighted by Crippen LogP contribution is -2.09. The van der Waals surface area contributed by atoms with Crippen molar-refractivity contribution in [3.8, 4) is 0 Å². The summed E-state index contributed by atoms with van der Waals surface area (Å²) < 4.78 is 36.8. The van der Waals surface area contributed by atoms with Crippen molar-refractivity contribution >= 4 is 0 Å². The van der Waals surface area contributed by atoms with Crippen LogP contribution in [0.2, 0.25) is 0 Å². The largest absolute Gasteiger partial charge is 0.416 e. The lowest BCUT2D eigenvalue weighted by Gasteiger charge is -2.10. The molecule has 0 spiro atoms. The van der Waals surface area contributed by atoms with Crippen LogP contribution in [-0.2, 0) is 6.18 Å². The van der Waals surface area contributed by atoms with Gasteiger partial charge in [0, 0.05) is 12.5 Å². The molecular formula is C11H11F3N. The van der Waals surface area contributed by atoms with Gasteiger partial charge >= 0.3 is 6.18 Å². The number of nitrogens with one attached hydrogen (secondary N) is 1. The molecule has 0 saturated carbocycles. The monoisotopic (exact) mass is 214 g/mol. The Morgan fingerprint density at radius 1 is 1.07 bits per heavy atom. The third kappa shape index (κ3) is 2.31. The van der Waals surface area contributed by atoms with Crippen LogP contribution in [0.4, 0.5) is 13.2 Å². The molecule has 1 radical (unpaired) electrons. The highest BCUT2D eigenvalue weighted by molar-refractivity contribution is 5.35. The molecule has 0 unspecified atom stereocenters. The molecule has 81 valence electrons. The average Bonchev–Trinajstić information content (AvgIpc) is 2.69. The molecule has 1 aliphatic rings. The van der Waals surface area contributed by atoms with Crippen molar-refractivity contribution in [2.24, 2.45) is 0 Å². The van der Waals surface area contributed by atoms with Gasteiger partial charge in [0.15, 0.2) is 0 Å². The molecule has 0 atom stereocenters. The van der Waals surface area contributed by atoms with E-state index in [-0.39, 0.29) is 0 Å². The summed E-state index contributed by atoms with van der Waals surface area (Å²) in [5, 5.41) is 3.16. The van der Waals surface area contributed by atoms with Crippen LogP contribution in [0.5, 0.6) is 0 Å². The van der Waals surface area contributed by atoms with Gasteiger partial charge in [-0.05, 0) is 30.7 Å². The molecule has 1 N–H and O–H groups in total. The van der Waals surface area contributed by atoms with E-state index in [2.05, 4.69) is 5.32 Å². The molecule has 0 aromatic heterocycles. The molecule has 1 aromatic rings. The molecule has 0 amide bonds. The molecule has 15 heavy (non-hydrogen) atoms. The zero-order valence-electron chi connectivity index (χ0n) is 8.06. The van der Waals surface area contributed by atoms with E-state index in [4.69, 9.17) is 0 Å². The van der Waals surface area contributed by atoms with Gasteiger partial charge in [0.2, 0.25) is 0 Å². The van der Waals surface area contributed by atoms with E-state index in [9.17, 15) is 13.2 Å². The zero-order valence-corrected chi connectivity index (χ0v) is 8.06. The van der Waals surface area contributed by atoms with E-state index in [1.54, 1.807) is 12.1 Å². The second-order valence-electron chi connectivity index (χ2n) is 3.61. The van der Waals surface area contributed by atoms with Crippen molar-refractivity contribution in [3.05, 3.63) is 41.3 Å². The number of alkyl halides is 3. The lowest BCUT2D eigenvalue weighted by atomic mass is 9.97.